The Bertz CT molecular complexity index is 1460. The molecule has 1 aromatic carbocycles. The lowest BCUT2D eigenvalue weighted by atomic mass is 10.0. The number of aromatic nitrogens is 1. The fourth-order valence-electron chi connectivity index (χ4n) is 3.66. The summed E-state index contributed by atoms with van der Waals surface area (Å²) in [6, 6.07) is 3.39. The zero-order valence-electron chi connectivity index (χ0n) is 23.0. The Kier molecular flexibility index (Phi) is 9.69. The van der Waals surface area contributed by atoms with Crippen LogP contribution in [0.2, 0.25) is 0 Å². The van der Waals surface area contributed by atoms with Crippen LogP contribution in [0.5, 0.6) is 10.8 Å². The lowest BCUT2D eigenvalue weighted by molar-refractivity contribution is -0.242. The van der Waals surface area contributed by atoms with Crippen molar-refractivity contribution >= 4 is 44.8 Å². The zero-order valence-corrected chi connectivity index (χ0v) is 24.6. The number of alkyl halides is 6. The first kappa shape index (κ1) is 34.0. The van der Waals surface area contributed by atoms with Crippen molar-refractivity contribution in [1.82, 2.24) is 4.98 Å². The maximum absolute atomic E-state index is 13.9. The molecule has 3 rings (SSSR count). The molecule has 0 saturated heterocycles. The van der Waals surface area contributed by atoms with Gasteiger partial charge in [-0.25, -0.2) is 9.78 Å². The number of carboxylic acid groups (broad SMARTS) is 1. The first-order valence-corrected chi connectivity index (χ1v) is 14.7. The van der Waals surface area contributed by atoms with Gasteiger partial charge >= 0.3 is 24.4 Å². The van der Waals surface area contributed by atoms with Crippen LogP contribution in [0, 0.1) is 5.92 Å². The molecule has 2 heterocycles. The minimum atomic E-state index is -4.90. The van der Waals surface area contributed by atoms with Crippen LogP contribution in [0.15, 0.2) is 23.2 Å². The maximum atomic E-state index is 13.9. The SMILES string of the molecule is CCc1nc(S(=O)(=O)N2CC(CC(C)C(=O)O)Oc3ccc(NC(=O)OC(C)(C)C(F)(F)F)cc32)c(OCC(F)(F)F)s1. The Morgan fingerprint density at radius 1 is 1.23 bits per heavy atom. The fourth-order valence-corrected chi connectivity index (χ4v) is 6.37. The molecule has 19 heteroatoms. The van der Waals surface area contributed by atoms with Crippen LogP contribution < -0.4 is 19.1 Å². The molecule has 0 spiro atoms. The molecule has 11 nitrogen and oxygen atoms in total. The standard InChI is InChI=1S/C24H27F6N3O8S2/c1-5-17-32-18(20(42-17)39-11-23(25,26)27)43(37,38)33-10-14(8-12(2)19(34)35)40-16-7-6-13(9-15(16)33)31-21(36)41-22(3,4)24(28,29)30/h6-7,9,12,14H,5,8,10-11H2,1-4H3,(H,31,36)(H,34,35). The van der Waals surface area contributed by atoms with Gasteiger partial charge in [0.1, 0.15) is 11.9 Å². The van der Waals surface area contributed by atoms with E-state index in [4.69, 9.17) is 9.47 Å². The zero-order chi connectivity index (χ0) is 32.5. The summed E-state index contributed by atoms with van der Waals surface area (Å²) >= 11 is 0.593. The van der Waals surface area contributed by atoms with Crippen LogP contribution >= 0.6 is 11.3 Å². The second-order valence-electron chi connectivity index (χ2n) is 9.91. The summed E-state index contributed by atoms with van der Waals surface area (Å²) in [7, 11) is -4.83. The van der Waals surface area contributed by atoms with Crippen molar-refractivity contribution in [3.63, 3.8) is 0 Å². The highest BCUT2D eigenvalue weighted by Gasteiger charge is 2.51. The number of amides is 1. The van der Waals surface area contributed by atoms with Crippen molar-refractivity contribution < 1.29 is 63.7 Å². The molecule has 2 aromatic rings. The molecule has 2 atom stereocenters. The van der Waals surface area contributed by atoms with E-state index in [1.165, 1.54) is 19.1 Å². The van der Waals surface area contributed by atoms with Gasteiger partial charge in [-0.2, -0.15) is 34.8 Å². The second-order valence-corrected chi connectivity index (χ2v) is 12.7. The second kappa shape index (κ2) is 12.3. The molecule has 1 aliphatic heterocycles. The van der Waals surface area contributed by atoms with Crippen molar-refractivity contribution in [1.29, 1.82) is 0 Å². The number of ether oxygens (including phenoxy) is 3. The minimum absolute atomic E-state index is 0.129. The van der Waals surface area contributed by atoms with E-state index in [9.17, 15) is 49.5 Å². The van der Waals surface area contributed by atoms with Gasteiger partial charge in [0, 0.05) is 5.69 Å². The van der Waals surface area contributed by atoms with Crippen molar-refractivity contribution in [2.24, 2.45) is 5.92 Å². The number of hydrogen-bond donors (Lipinski definition) is 2. The number of rotatable bonds is 10. The topological polar surface area (TPSA) is 144 Å². The molecule has 0 saturated carbocycles. The molecule has 1 amide bonds. The fraction of sp³-hybridized carbons (Fsp3) is 0.542. The number of hydrogen-bond acceptors (Lipinski definition) is 9. The summed E-state index contributed by atoms with van der Waals surface area (Å²) in [5, 5.41) is 10.1. The number of halogens is 6. The molecule has 1 aliphatic rings. The molecule has 240 valence electrons. The number of anilines is 2. The molecular formula is C24H27F6N3O8S2. The van der Waals surface area contributed by atoms with E-state index in [0.29, 0.717) is 29.5 Å². The molecule has 43 heavy (non-hydrogen) atoms. The van der Waals surface area contributed by atoms with Crippen molar-refractivity contribution in [3.8, 4) is 10.8 Å². The summed E-state index contributed by atoms with van der Waals surface area (Å²) in [5.41, 5.74) is -3.35. The van der Waals surface area contributed by atoms with E-state index in [2.05, 4.69) is 15.0 Å². The molecule has 0 fully saturated rings. The molecule has 0 radical (unpaired) electrons. The Balaban J connectivity index is 2.05. The van der Waals surface area contributed by atoms with Gasteiger partial charge in [0.05, 0.1) is 23.2 Å². The summed E-state index contributed by atoms with van der Waals surface area (Å²) in [6.45, 7) is 1.86. The van der Waals surface area contributed by atoms with Crippen molar-refractivity contribution in [2.75, 3.05) is 22.8 Å². The number of aliphatic carboxylic acids is 1. The van der Waals surface area contributed by atoms with Gasteiger partial charge in [0.2, 0.25) is 15.7 Å². The molecule has 2 N–H and O–H groups in total. The number of aryl methyl sites for hydroxylation is 1. The van der Waals surface area contributed by atoms with Crippen LogP contribution in [-0.2, 0) is 26.0 Å². The number of carboxylic acids is 1. The normalized spacial score (nSPS) is 16.6. The summed E-state index contributed by atoms with van der Waals surface area (Å²) in [6.07, 6.45) is -12.3. The highest BCUT2D eigenvalue weighted by molar-refractivity contribution is 7.93. The Morgan fingerprint density at radius 2 is 1.88 bits per heavy atom. The number of nitrogens with one attached hydrogen (secondary N) is 1. The number of benzene rings is 1. The summed E-state index contributed by atoms with van der Waals surface area (Å²) in [4.78, 5) is 27.6. The average Bonchev–Trinajstić information content (AvgIpc) is 3.30. The highest BCUT2D eigenvalue weighted by atomic mass is 32.2. The quantitative estimate of drug-likeness (QED) is 0.310. The van der Waals surface area contributed by atoms with Crippen LogP contribution in [-0.4, -0.2) is 67.8 Å². The van der Waals surface area contributed by atoms with Crippen LogP contribution in [0.4, 0.5) is 42.5 Å². The Hall–Kier alpha value is -3.48. The molecule has 2 unspecified atom stereocenters. The van der Waals surface area contributed by atoms with Gasteiger partial charge < -0.3 is 19.3 Å². The number of carbonyl (C=O) groups is 2. The number of fused-ring (bicyclic) bond motifs is 1. The molecule has 1 aromatic heterocycles. The Labute approximate surface area is 245 Å². The Morgan fingerprint density at radius 3 is 2.44 bits per heavy atom. The predicted octanol–water partition coefficient (Wildman–Crippen LogP) is 5.60. The maximum Gasteiger partial charge on any atom is 0.427 e. The lowest BCUT2D eigenvalue weighted by Crippen LogP contribution is -2.45. The first-order valence-electron chi connectivity index (χ1n) is 12.5. The monoisotopic (exact) mass is 663 g/mol. The van der Waals surface area contributed by atoms with E-state index >= 15 is 0 Å². The van der Waals surface area contributed by atoms with Gasteiger partial charge in [-0.1, -0.05) is 25.2 Å². The summed E-state index contributed by atoms with van der Waals surface area (Å²) < 4.78 is 122. The van der Waals surface area contributed by atoms with E-state index in [1.807, 2.05) is 0 Å². The van der Waals surface area contributed by atoms with Crippen molar-refractivity contribution in [2.45, 2.75) is 69.6 Å². The molecular weight excluding hydrogens is 636 g/mol. The highest BCUT2D eigenvalue weighted by Crippen LogP contribution is 2.43. The van der Waals surface area contributed by atoms with Gasteiger partial charge in [-0.05, 0) is 44.9 Å². The average molecular weight is 664 g/mol. The van der Waals surface area contributed by atoms with E-state index in [0.717, 1.165) is 6.07 Å². The van der Waals surface area contributed by atoms with Gasteiger partial charge in [-0.15, -0.1) is 0 Å². The largest absolute Gasteiger partial charge is 0.486 e. The van der Waals surface area contributed by atoms with Crippen LogP contribution in [0.1, 0.15) is 39.1 Å². The predicted molar refractivity (Wildman–Crippen MR) is 140 cm³/mol. The first-order chi connectivity index (χ1) is 19.6. The van der Waals surface area contributed by atoms with Crippen LogP contribution in [0.3, 0.4) is 0 Å². The van der Waals surface area contributed by atoms with E-state index < -0.39 is 75.3 Å². The van der Waals surface area contributed by atoms with Gasteiger partial charge in [0.25, 0.3) is 10.0 Å². The van der Waals surface area contributed by atoms with E-state index in [-0.39, 0.29) is 35.0 Å². The third-order valence-electron chi connectivity index (χ3n) is 6.02. The van der Waals surface area contributed by atoms with Gasteiger partial charge in [-0.3, -0.25) is 14.4 Å². The molecule has 0 bridgehead atoms. The van der Waals surface area contributed by atoms with Crippen molar-refractivity contribution in [3.05, 3.63) is 23.2 Å². The number of thiazole rings is 1. The third kappa shape index (κ3) is 8.12. The number of sulfonamides is 1. The summed E-state index contributed by atoms with van der Waals surface area (Å²) in [5.74, 6) is -2.31. The lowest BCUT2D eigenvalue weighted by Gasteiger charge is -2.36. The minimum Gasteiger partial charge on any atom is -0.486 e. The van der Waals surface area contributed by atoms with Gasteiger partial charge in [0.15, 0.2) is 6.61 Å². The number of carbonyl (C=O) groups excluding carboxylic acids is 1. The van der Waals surface area contributed by atoms with Crippen LogP contribution in [0.25, 0.3) is 0 Å². The number of nitrogens with zero attached hydrogens (tertiary/aromatic N) is 2. The van der Waals surface area contributed by atoms with E-state index in [1.54, 1.807) is 6.92 Å². The third-order valence-corrected chi connectivity index (χ3v) is 8.95. The molecule has 0 aliphatic carbocycles. The smallest absolute Gasteiger partial charge is 0.427 e.